The van der Waals surface area contributed by atoms with E-state index in [1.54, 1.807) is 6.07 Å². The number of anilines is 1. The van der Waals surface area contributed by atoms with Gasteiger partial charge in [-0.1, -0.05) is 24.0 Å². The number of nitrogens with two attached hydrogens (primary N) is 1. The molecule has 1 heterocycles. The summed E-state index contributed by atoms with van der Waals surface area (Å²) in [5, 5.41) is 2.87. The quantitative estimate of drug-likeness (QED) is 0.829. The summed E-state index contributed by atoms with van der Waals surface area (Å²) in [7, 11) is 0. The molecule has 0 saturated carbocycles. The Balaban J connectivity index is 2.27. The zero-order chi connectivity index (χ0) is 15.2. The summed E-state index contributed by atoms with van der Waals surface area (Å²) in [5.74, 6) is 5.55. The second-order valence-electron chi connectivity index (χ2n) is 4.59. The predicted octanol–water partition coefficient (Wildman–Crippen LogP) is 2.26. The first-order valence-electron chi connectivity index (χ1n) is 6.65. The molecule has 106 valence electrons. The second-order valence-corrected chi connectivity index (χ2v) is 4.59. The lowest BCUT2D eigenvalue weighted by Crippen LogP contribution is -2.15. The minimum absolute atomic E-state index is 0.193. The van der Waals surface area contributed by atoms with Crippen molar-refractivity contribution in [1.29, 1.82) is 0 Å². The smallest absolute Gasteiger partial charge is 0.257 e. The molecule has 0 fully saturated rings. The number of hydrogen-bond donors (Lipinski definition) is 2. The normalized spacial score (nSPS) is 9.67. The molecule has 0 saturated heterocycles. The zero-order valence-electron chi connectivity index (χ0n) is 12.1. The van der Waals surface area contributed by atoms with Crippen LogP contribution in [-0.4, -0.2) is 17.4 Å². The van der Waals surface area contributed by atoms with Crippen LogP contribution in [0.2, 0.25) is 0 Å². The first-order chi connectivity index (χ1) is 10.1. The average Bonchev–Trinajstić information content (AvgIpc) is 2.46. The van der Waals surface area contributed by atoms with Crippen molar-refractivity contribution in [3.8, 4) is 11.8 Å². The fourth-order valence-corrected chi connectivity index (χ4v) is 1.96. The Hall–Kier alpha value is -2.64. The molecule has 0 aliphatic carbocycles. The third-order valence-corrected chi connectivity index (χ3v) is 2.97. The molecule has 4 heteroatoms. The van der Waals surface area contributed by atoms with Crippen LogP contribution in [0.3, 0.4) is 0 Å². The zero-order valence-corrected chi connectivity index (χ0v) is 12.1. The molecule has 1 amide bonds. The van der Waals surface area contributed by atoms with Crippen LogP contribution in [0.5, 0.6) is 0 Å². The van der Waals surface area contributed by atoms with Crippen LogP contribution in [0, 0.1) is 25.7 Å². The minimum atomic E-state index is -0.193. The van der Waals surface area contributed by atoms with Gasteiger partial charge in [0.2, 0.25) is 0 Å². The number of rotatable bonds is 2. The molecule has 0 aliphatic rings. The molecule has 2 rings (SSSR count). The average molecular weight is 279 g/mol. The summed E-state index contributed by atoms with van der Waals surface area (Å²) in [6.07, 6.45) is 0. The van der Waals surface area contributed by atoms with Gasteiger partial charge < -0.3 is 11.1 Å². The lowest BCUT2D eigenvalue weighted by molar-refractivity contribution is 0.102. The topological polar surface area (TPSA) is 68.0 Å². The highest BCUT2D eigenvalue weighted by molar-refractivity contribution is 6.05. The van der Waals surface area contributed by atoms with Crippen molar-refractivity contribution in [3.63, 3.8) is 0 Å². The lowest BCUT2D eigenvalue weighted by Gasteiger charge is -2.09. The van der Waals surface area contributed by atoms with Crippen molar-refractivity contribution in [2.75, 3.05) is 11.9 Å². The molecule has 0 bridgehead atoms. The number of carbonyl (C=O) groups is 1. The van der Waals surface area contributed by atoms with E-state index < -0.39 is 0 Å². The van der Waals surface area contributed by atoms with Crippen molar-refractivity contribution in [1.82, 2.24) is 4.98 Å². The van der Waals surface area contributed by atoms with E-state index in [4.69, 9.17) is 5.73 Å². The van der Waals surface area contributed by atoms with Gasteiger partial charge >= 0.3 is 0 Å². The summed E-state index contributed by atoms with van der Waals surface area (Å²) in [6.45, 7) is 4.00. The molecule has 3 N–H and O–H groups in total. The third-order valence-electron chi connectivity index (χ3n) is 2.97. The van der Waals surface area contributed by atoms with Gasteiger partial charge in [0, 0.05) is 11.3 Å². The fraction of sp³-hybridized carbons (Fsp3) is 0.176. The number of carbonyl (C=O) groups excluding carboxylic acids is 1. The van der Waals surface area contributed by atoms with Gasteiger partial charge in [0.1, 0.15) is 0 Å². The summed E-state index contributed by atoms with van der Waals surface area (Å²) in [6, 6.07) is 11.0. The first kappa shape index (κ1) is 14.8. The highest BCUT2D eigenvalue weighted by atomic mass is 16.1. The van der Waals surface area contributed by atoms with E-state index in [-0.39, 0.29) is 12.5 Å². The Labute approximate surface area is 124 Å². The maximum absolute atomic E-state index is 12.3. The van der Waals surface area contributed by atoms with Crippen LogP contribution in [-0.2, 0) is 0 Å². The van der Waals surface area contributed by atoms with E-state index in [1.165, 1.54) is 0 Å². The molecular weight excluding hydrogens is 262 g/mol. The fourth-order valence-electron chi connectivity index (χ4n) is 1.96. The SMILES string of the molecule is Cc1ccc(C(=O)Nc2ccccc2C#CCN)c(C)n1. The van der Waals surface area contributed by atoms with Gasteiger partial charge in [0.25, 0.3) is 5.91 Å². The van der Waals surface area contributed by atoms with E-state index in [0.29, 0.717) is 16.9 Å². The molecule has 4 nitrogen and oxygen atoms in total. The Morgan fingerprint density at radius 2 is 2.00 bits per heavy atom. The van der Waals surface area contributed by atoms with Crippen LogP contribution in [0.15, 0.2) is 36.4 Å². The Bertz CT molecular complexity index is 726. The second kappa shape index (κ2) is 6.69. The third kappa shape index (κ3) is 3.68. The minimum Gasteiger partial charge on any atom is -0.321 e. The molecule has 0 radical (unpaired) electrons. The lowest BCUT2D eigenvalue weighted by atomic mass is 10.1. The summed E-state index contributed by atoms with van der Waals surface area (Å²) in [4.78, 5) is 16.7. The van der Waals surface area contributed by atoms with Gasteiger partial charge in [0.15, 0.2) is 0 Å². The Morgan fingerprint density at radius 3 is 2.71 bits per heavy atom. The van der Waals surface area contributed by atoms with Crippen LogP contribution in [0.4, 0.5) is 5.69 Å². The van der Waals surface area contributed by atoms with Gasteiger partial charge in [-0.05, 0) is 38.1 Å². The molecule has 21 heavy (non-hydrogen) atoms. The number of aromatic nitrogens is 1. The maximum atomic E-state index is 12.3. The number of aryl methyl sites for hydroxylation is 2. The molecule has 0 atom stereocenters. The van der Waals surface area contributed by atoms with Crippen molar-refractivity contribution in [2.24, 2.45) is 5.73 Å². The van der Waals surface area contributed by atoms with E-state index in [1.807, 2.05) is 44.2 Å². The van der Waals surface area contributed by atoms with Gasteiger partial charge in [0.05, 0.1) is 23.5 Å². The van der Waals surface area contributed by atoms with Crippen molar-refractivity contribution < 1.29 is 4.79 Å². The predicted molar refractivity (Wildman–Crippen MR) is 84.0 cm³/mol. The van der Waals surface area contributed by atoms with Crippen LogP contribution in [0.1, 0.15) is 27.3 Å². The van der Waals surface area contributed by atoms with Crippen LogP contribution in [0.25, 0.3) is 0 Å². The Morgan fingerprint density at radius 1 is 1.24 bits per heavy atom. The summed E-state index contributed by atoms with van der Waals surface area (Å²) >= 11 is 0. The monoisotopic (exact) mass is 279 g/mol. The largest absolute Gasteiger partial charge is 0.321 e. The van der Waals surface area contributed by atoms with Gasteiger partial charge in [-0.15, -0.1) is 0 Å². The van der Waals surface area contributed by atoms with E-state index in [2.05, 4.69) is 22.1 Å². The highest BCUT2D eigenvalue weighted by Crippen LogP contribution is 2.16. The number of pyridine rings is 1. The number of nitrogens with zero attached hydrogens (tertiary/aromatic N) is 1. The van der Waals surface area contributed by atoms with Gasteiger partial charge in [-0.3, -0.25) is 9.78 Å². The molecule has 1 aromatic heterocycles. The number of amides is 1. The molecule has 2 aromatic rings. The Kier molecular flexibility index (Phi) is 4.70. The standard InChI is InChI=1S/C17H17N3O/c1-12-9-10-15(13(2)19-12)17(21)20-16-8-4-3-6-14(16)7-5-11-18/h3-4,6,8-10H,11,18H2,1-2H3,(H,20,21). The first-order valence-corrected chi connectivity index (χ1v) is 6.65. The van der Waals surface area contributed by atoms with E-state index in [9.17, 15) is 4.79 Å². The van der Waals surface area contributed by atoms with Crippen molar-refractivity contribution >= 4 is 11.6 Å². The molecule has 0 spiro atoms. The maximum Gasteiger partial charge on any atom is 0.257 e. The molecular formula is C17H17N3O. The molecule has 0 aliphatic heterocycles. The van der Waals surface area contributed by atoms with Crippen molar-refractivity contribution in [2.45, 2.75) is 13.8 Å². The number of para-hydroxylation sites is 1. The molecule has 1 aromatic carbocycles. The summed E-state index contributed by atoms with van der Waals surface area (Å²) < 4.78 is 0. The van der Waals surface area contributed by atoms with E-state index >= 15 is 0 Å². The van der Waals surface area contributed by atoms with Crippen molar-refractivity contribution in [3.05, 3.63) is 58.9 Å². The van der Waals surface area contributed by atoms with Gasteiger partial charge in [-0.2, -0.15) is 0 Å². The number of benzene rings is 1. The van der Waals surface area contributed by atoms with Crippen LogP contribution >= 0.6 is 0 Å². The number of hydrogen-bond acceptors (Lipinski definition) is 3. The number of nitrogens with one attached hydrogen (secondary N) is 1. The highest BCUT2D eigenvalue weighted by Gasteiger charge is 2.11. The van der Waals surface area contributed by atoms with E-state index in [0.717, 1.165) is 11.3 Å². The van der Waals surface area contributed by atoms with Gasteiger partial charge in [-0.25, -0.2) is 0 Å². The van der Waals surface area contributed by atoms with Crippen LogP contribution < -0.4 is 11.1 Å². The summed E-state index contributed by atoms with van der Waals surface area (Å²) in [5.41, 5.74) is 8.95. The molecule has 0 unspecified atom stereocenters.